The van der Waals surface area contributed by atoms with Crippen molar-refractivity contribution >= 4 is 0 Å². The molecule has 0 aliphatic carbocycles. The van der Waals surface area contributed by atoms with Crippen LogP contribution < -0.4 is 9.47 Å². The van der Waals surface area contributed by atoms with Crippen LogP contribution in [-0.2, 0) is 13.1 Å². The zero-order valence-corrected chi connectivity index (χ0v) is 9.21. The predicted octanol–water partition coefficient (Wildman–Crippen LogP) is 2.52. The van der Waals surface area contributed by atoms with E-state index in [2.05, 4.69) is 9.72 Å². The summed E-state index contributed by atoms with van der Waals surface area (Å²) in [5, 5.41) is 8.57. The maximum Gasteiger partial charge on any atom is 0.573 e. The van der Waals surface area contributed by atoms with E-state index in [-0.39, 0.29) is 17.0 Å². The third-order valence-electron chi connectivity index (χ3n) is 1.98. The van der Waals surface area contributed by atoms with Gasteiger partial charge in [0.05, 0.1) is 31.4 Å². The summed E-state index contributed by atoms with van der Waals surface area (Å²) in [6, 6.07) is 1.66. The van der Waals surface area contributed by atoms with Gasteiger partial charge >= 0.3 is 6.36 Å². The first-order valence-electron chi connectivity index (χ1n) is 4.66. The highest BCUT2D eigenvalue weighted by atomic mass is 19.4. The summed E-state index contributed by atoms with van der Waals surface area (Å²) in [6.45, 7) is -1.02. The van der Waals surface area contributed by atoms with Crippen LogP contribution in [0.2, 0.25) is 0 Å². The molecule has 1 aromatic rings. The molecule has 0 saturated heterocycles. The Kier molecular flexibility index (Phi) is 4.31. The smallest absolute Gasteiger partial charge is 0.494 e. The van der Waals surface area contributed by atoms with Crippen molar-refractivity contribution in [1.82, 2.24) is 4.98 Å². The van der Waals surface area contributed by atoms with Crippen molar-refractivity contribution in [3.8, 4) is 17.6 Å². The maximum absolute atomic E-state index is 12.6. The zero-order chi connectivity index (χ0) is 13.8. The first kappa shape index (κ1) is 14.0. The second-order valence-corrected chi connectivity index (χ2v) is 3.10. The minimum absolute atomic E-state index is 0.181. The van der Waals surface area contributed by atoms with Crippen molar-refractivity contribution in [3.63, 3.8) is 0 Å². The molecule has 0 radical (unpaired) electrons. The number of methoxy groups -OCH3 is 1. The van der Waals surface area contributed by atoms with Gasteiger partial charge in [-0.1, -0.05) is 0 Å². The summed E-state index contributed by atoms with van der Waals surface area (Å²) >= 11 is 0. The first-order valence-corrected chi connectivity index (χ1v) is 4.66. The molecule has 0 spiro atoms. The summed E-state index contributed by atoms with van der Waals surface area (Å²) in [5.41, 5.74) is -0.364. The van der Waals surface area contributed by atoms with Crippen molar-refractivity contribution in [3.05, 3.63) is 17.5 Å². The molecule has 0 fully saturated rings. The van der Waals surface area contributed by atoms with E-state index in [0.717, 1.165) is 13.3 Å². The van der Waals surface area contributed by atoms with Gasteiger partial charge in [-0.25, -0.2) is 4.39 Å². The molecule has 0 saturated carbocycles. The lowest BCUT2D eigenvalue weighted by atomic mass is 10.1. The fourth-order valence-corrected chi connectivity index (χ4v) is 1.35. The van der Waals surface area contributed by atoms with E-state index in [1.54, 1.807) is 6.07 Å². The Morgan fingerprint density at radius 1 is 1.44 bits per heavy atom. The molecule has 0 aliphatic heterocycles. The van der Waals surface area contributed by atoms with Crippen LogP contribution in [0.5, 0.6) is 11.5 Å². The highest BCUT2D eigenvalue weighted by Gasteiger charge is 2.33. The van der Waals surface area contributed by atoms with Crippen molar-refractivity contribution in [2.24, 2.45) is 0 Å². The van der Waals surface area contributed by atoms with Crippen molar-refractivity contribution < 1.29 is 27.0 Å². The van der Waals surface area contributed by atoms with Gasteiger partial charge in [0.2, 0.25) is 0 Å². The SMILES string of the molecule is COc1c(CF)ncc(OC(F)(F)F)c1CC#N. The molecule has 0 amide bonds. The van der Waals surface area contributed by atoms with Crippen LogP contribution in [0.1, 0.15) is 11.3 Å². The number of ether oxygens (including phenoxy) is 2. The standard InChI is InChI=1S/C10H8F4N2O2/c1-17-9-6(2-3-15)8(18-10(12,13)14)5-16-7(9)4-11/h5H,2,4H2,1H3. The normalized spacial score (nSPS) is 10.9. The summed E-state index contributed by atoms with van der Waals surface area (Å²) in [4.78, 5) is 3.46. The number of aromatic nitrogens is 1. The number of hydrogen-bond acceptors (Lipinski definition) is 4. The zero-order valence-electron chi connectivity index (χ0n) is 9.21. The van der Waals surface area contributed by atoms with Gasteiger partial charge in [0, 0.05) is 0 Å². The summed E-state index contributed by atoms with van der Waals surface area (Å²) in [6.07, 6.45) is -4.62. The van der Waals surface area contributed by atoms with Gasteiger partial charge in [-0.3, -0.25) is 4.98 Å². The summed E-state index contributed by atoms with van der Waals surface area (Å²) in [7, 11) is 1.15. The average Bonchev–Trinajstić information content (AvgIpc) is 2.29. The third-order valence-corrected chi connectivity index (χ3v) is 1.98. The lowest BCUT2D eigenvalue weighted by Crippen LogP contribution is -2.19. The molecular weight excluding hydrogens is 256 g/mol. The second-order valence-electron chi connectivity index (χ2n) is 3.10. The number of nitrogens with zero attached hydrogens (tertiary/aromatic N) is 2. The van der Waals surface area contributed by atoms with E-state index in [4.69, 9.17) is 10.00 Å². The maximum atomic E-state index is 12.6. The fraction of sp³-hybridized carbons (Fsp3) is 0.400. The topological polar surface area (TPSA) is 55.1 Å². The molecule has 0 bridgehead atoms. The van der Waals surface area contributed by atoms with Gasteiger partial charge in [-0.15, -0.1) is 13.2 Å². The van der Waals surface area contributed by atoms with E-state index in [1.807, 2.05) is 0 Å². The van der Waals surface area contributed by atoms with Crippen molar-refractivity contribution in [2.75, 3.05) is 7.11 Å². The fourth-order valence-electron chi connectivity index (χ4n) is 1.35. The number of pyridine rings is 1. The Hall–Kier alpha value is -2.04. The van der Waals surface area contributed by atoms with Gasteiger partial charge in [0.1, 0.15) is 12.4 Å². The van der Waals surface area contributed by atoms with Crippen LogP contribution in [-0.4, -0.2) is 18.5 Å². The molecule has 0 atom stereocenters. The minimum atomic E-state index is -4.92. The van der Waals surface area contributed by atoms with Crippen molar-refractivity contribution in [2.45, 2.75) is 19.5 Å². The highest BCUT2D eigenvalue weighted by Crippen LogP contribution is 2.34. The molecule has 0 aromatic carbocycles. The number of halogens is 4. The first-order chi connectivity index (χ1) is 8.42. The third kappa shape index (κ3) is 3.23. The van der Waals surface area contributed by atoms with E-state index >= 15 is 0 Å². The van der Waals surface area contributed by atoms with Gasteiger partial charge in [0.15, 0.2) is 11.5 Å². The molecule has 0 N–H and O–H groups in total. The molecular formula is C10H8F4N2O2. The lowest BCUT2D eigenvalue weighted by molar-refractivity contribution is -0.275. The van der Waals surface area contributed by atoms with Crippen LogP contribution in [0.4, 0.5) is 17.6 Å². The van der Waals surface area contributed by atoms with E-state index in [9.17, 15) is 17.6 Å². The lowest BCUT2D eigenvalue weighted by Gasteiger charge is -2.15. The van der Waals surface area contributed by atoms with Gasteiger partial charge in [0.25, 0.3) is 0 Å². The van der Waals surface area contributed by atoms with E-state index < -0.39 is 25.2 Å². The molecule has 0 unspecified atom stereocenters. The Labute approximate surface area is 99.8 Å². The minimum Gasteiger partial charge on any atom is -0.494 e. The molecule has 1 heterocycles. The molecule has 1 aromatic heterocycles. The van der Waals surface area contributed by atoms with E-state index in [0.29, 0.717) is 0 Å². The summed E-state index contributed by atoms with van der Waals surface area (Å²) < 4.78 is 57.5. The van der Waals surface area contributed by atoms with E-state index in [1.165, 1.54) is 0 Å². The number of nitriles is 1. The quantitative estimate of drug-likeness (QED) is 0.784. The Bertz CT molecular complexity index is 468. The predicted molar refractivity (Wildman–Crippen MR) is 51.6 cm³/mol. The van der Waals surface area contributed by atoms with Crippen LogP contribution >= 0.6 is 0 Å². The van der Waals surface area contributed by atoms with Crippen LogP contribution in [0, 0.1) is 11.3 Å². The highest BCUT2D eigenvalue weighted by molar-refractivity contribution is 5.47. The average molecular weight is 264 g/mol. The second kappa shape index (κ2) is 5.53. The summed E-state index contributed by atoms with van der Waals surface area (Å²) in [5.74, 6) is -0.876. The largest absolute Gasteiger partial charge is 0.573 e. The molecule has 1 rings (SSSR count). The molecule has 18 heavy (non-hydrogen) atoms. The Balaban J connectivity index is 3.30. The van der Waals surface area contributed by atoms with Gasteiger partial charge in [-0.05, 0) is 0 Å². The molecule has 4 nitrogen and oxygen atoms in total. The molecule has 98 valence electrons. The van der Waals surface area contributed by atoms with Crippen LogP contribution in [0.15, 0.2) is 6.20 Å². The van der Waals surface area contributed by atoms with Crippen LogP contribution in [0.3, 0.4) is 0 Å². The Morgan fingerprint density at radius 3 is 2.56 bits per heavy atom. The number of rotatable bonds is 4. The Morgan fingerprint density at radius 2 is 2.11 bits per heavy atom. The number of alkyl halides is 4. The van der Waals surface area contributed by atoms with Crippen LogP contribution in [0.25, 0.3) is 0 Å². The van der Waals surface area contributed by atoms with Crippen molar-refractivity contribution in [1.29, 1.82) is 5.26 Å². The van der Waals surface area contributed by atoms with Gasteiger partial charge < -0.3 is 9.47 Å². The molecule has 0 aliphatic rings. The molecule has 8 heteroatoms. The monoisotopic (exact) mass is 264 g/mol. The number of hydrogen-bond donors (Lipinski definition) is 0. The van der Waals surface area contributed by atoms with Gasteiger partial charge in [-0.2, -0.15) is 5.26 Å².